The molecule has 1 aromatic rings. The fourth-order valence-corrected chi connectivity index (χ4v) is 3.34. The first-order chi connectivity index (χ1) is 12.0. The molecule has 0 aromatic heterocycles. The number of nitrogens with zero attached hydrogens (tertiary/aromatic N) is 3. The Morgan fingerprint density at radius 3 is 2.32 bits per heavy atom. The van der Waals surface area contributed by atoms with E-state index in [4.69, 9.17) is 21.4 Å². The lowest BCUT2D eigenvalue weighted by Crippen LogP contribution is -2.47. The first-order valence-electron chi connectivity index (χ1n) is 8.40. The minimum atomic E-state index is -0.872. The second kappa shape index (κ2) is 8.03. The van der Waals surface area contributed by atoms with Crippen LogP contribution in [0.2, 0.25) is 5.02 Å². The van der Waals surface area contributed by atoms with E-state index in [0.29, 0.717) is 69.6 Å². The van der Waals surface area contributed by atoms with Crippen molar-refractivity contribution in [1.82, 2.24) is 14.7 Å². The highest BCUT2D eigenvalue weighted by atomic mass is 35.5. The largest absolute Gasteiger partial charge is 0.465 e. The molecule has 3 rings (SSSR count). The second-order valence-electron chi connectivity index (χ2n) is 6.26. The number of halogens is 1. The topological polar surface area (TPSA) is 73.3 Å². The van der Waals surface area contributed by atoms with E-state index in [2.05, 4.69) is 4.90 Å². The van der Waals surface area contributed by atoms with Gasteiger partial charge in [-0.1, -0.05) is 17.7 Å². The van der Waals surface area contributed by atoms with Crippen LogP contribution < -0.4 is 0 Å². The minimum absolute atomic E-state index is 0.0215. The van der Waals surface area contributed by atoms with Gasteiger partial charge >= 0.3 is 6.09 Å². The van der Waals surface area contributed by atoms with E-state index in [1.807, 2.05) is 12.1 Å². The van der Waals surface area contributed by atoms with Gasteiger partial charge in [0.15, 0.2) is 0 Å². The summed E-state index contributed by atoms with van der Waals surface area (Å²) in [6, 6.07) is 5.42. The van der Waals surface area contributed by atoms with Crippen molar-refractivity contribution in [2.75, 3.05) is 52.5 Å². The van der Waals surface area contributed by atoms with Gasteiger partial charge in [-0.3, -0.25) is 9.69 Å². The quantitative estimate of drug-likeness (QED) is 0.878. The van der Waals surface area contributed by atoms with E-state index in [-0.39, 0.29) is 5.91 Å². The SMILES string of the molecule is O=C(O)N1CCN(Cc2ccc(C(=O)N3CCOCC3)cc2Cl)CC1. The number of carboxylic acid groups (broad SMARTS) is 1. The molecule has 0 bridgehead atoms. The maximum absolute atomic E-state index is 12.5. The van der Waals surface area contributed by atoms with Crippen LogP contribution in [0.3, 0.4) is 0 Å². The molecule has 8 heteroatoms. The van der Waals surface area contributed by atoms with Gasteiger partial charge in [-0.2, -0.15) is 0 Å². The summed E-state index contributed by atoms with van der Waals surface area (Å²) < 4.78 is 5.27. The summed E-state index contributed by atoms with van der Waals surface area (Å²) in [7, 11) is 0. The van der Waals surface area contributed by atoms with Crippen LogP contribution in [0.25, 0.3) is 0 Å². The fourth-order valence-electron chi connectivity index (χ4n) is 3.10. The highest BCUT2D eigenvalue weighted by Crippen LogP contribution is 2.21. The molecule has 0 saturated carbocycles. The number of carbonyl (C=O) groups is 2. The molecule has 2 aliphatic rings. The van der Waals surface area contributed by atoms with Crippen LogP contribution in [0.4, 0.5) is 4.79 Å². The van der Waals surface area contributed by atoms with Crippen molar-refractivity contribution in [2.45, 2.75) is 6.54 Å². The number of piperazine rings is 1. The molecule has 25 heavy (non-hydrogen) atoms. The van der Waals surface area contributed by atoms with Gasteiger partial charge in [0.05, 0.1) is 13.2 Å². The summed E-state index contributed by atoms with van der Waals surface area (Å²) in [4.78, 5) is 28.8. The molecule has 1 N–H and O–H groups in total. The van der Waals surface area contributed by atoms with Crippen LogP contribution in [0.1, 0.15) is 15.9 Å². The van der Waals surface area contributed by atoms with Gasteiger partial charge in [0, 0.05) is 56.4 Å². The molecule has 7 nitrogen and oxygen atoms in total. The maximum atomic E-state index is 12.5. The standard InChI is InChI=1S/C17H22ClN3O4/c18-15-11-13(16(22)20-7-9-25-10-8-20)1-2-14(15)12-19-3-5-21(6-4-19)17(23)24/h1-2,11H,3-10,12H2,(H,23,24). The Morgan fingerprint density at radius 2 is 1.72 bits per heavy atom. The number of rotatable bonds is 3. The second-order valence-corrected chi connectivity index (χ2v) is 6.66. The Hall–Kier alpha value is -1.83. The summed E-state index contributed by atoms with van der Waals surface area (Å²) in [6.45, 7) is 5.35. The van der Waals surface area contributed by atoms with Crippen molar-refractivity contribution < 1.29 is 19.4 Å². The highest BCUT2D eigenvalue weighted by Gasteiger charge is 2.22. The Balaban J connectivity index is 1.60. The predicted molar refractivity (Wildman–Crippen MR) is 93.0 cm³/mol. The molecule has 0 unspecified atom stereocenters. The molecular weight excluding hydrogens is 346 g/mol. The van der Waals surface area contributed by atoms with E-state index >= 15 is 0 Å². The lowest BCUT2D eigenvalue weighted by Gasteiger charge is -2.33. The number of benzene rings is 1. The van der Waals surface area contributed by atoms with Gasteiger partial charge in [-0.05, 0) is 17.7 Å². The van der Waals surface area contributed by atoms with Crippen LogP contribution in [0.5, 0.6) is 0 Å². The predicted octanol–water partition coefficient (Wildman–Crippen LogP) is 1.61. The van der Waals surface area contributed by atoms with Gasteiger partial charge in [0.2, 0.25) is 0 Å². The Labute approximate surface area is 151 Å². The zero-order chi connectivity index (χ0) is 17.8. The summed E-state index contributed by atoms with van der Waals surface area (Å²) in [5.41, 5.74) is 1.54. The smallest absolute Gasteiger partial charge is 0.407 e. The lowest BCUT2D eigenvalue weighted by molar-refractivity contribution is 0.0303. The average Bonchev–Trinajstić information content (AvgIpc) is 2.64. The van der Waals surface area contributed by atoms with E-state index in [0.717, 1.165) is 5.56 Å². The monoisotopic (exact) mass is 367 g/mol. The van der Waals surface area contributed by atoms with Crippen molar-refractivity contribution >= 4 is 23.6 Å². The van der Waals surface area contributed by atoms with E-state index < -0.39 is 6.09 Å². The molecule has 2 amide bonds. The van der Waals surface area contributed by atoms with Gasteiger partial charge in [0.25, 0.3) is 5.91 Å². The number of hydrogen-bond acceptors (Lipinski definition) is 4. The Kier molecular flexibility index (Phi) is 5.78. The summed E-state index contributed by atoms with van der Waals surface area (Å²) in [6.07, 6.45) is -0.872. The third-order valence-electron chi connectivity index (χ3n) is 4.64. The van der Waals surface area contributed by atoms with Crippen LogP contribution in [-0.4, -0.2) is 84.3 Å². The molecule has 136 valence electrons. The van der Waals surface area contributed by atoms with Gasteiger partial charge in [-0.25, -0.2) is 4.79 Å². The summed E-state index contributed by atoms with van der Waals surface area (Å²) in [5, 5.41) is 9.56. The molecule has 0 spiro atoms. The van der Waals surface area contributed by atoms with E-state index in [1.165, 1.54) is 4.90 Å². The number of hydrogen-bond donors (Lipinski definition) is 1. The summed E-state index contributed by atoms with van der Waals surface area (Å²) >= 11 is 6.38. The number of carbonyl (C=O) groups excluding carboxylic acids is 1. The molecule has 2 aliphatic heterocycles. The third-order valence-corrected chi connectivity index (χ3v) is 4.99. The third kappa shape index (κ3) is 4.42. The van der Waals surface area contributed by atoms with E-state index in [9.17, 15) is 9.59 Å². The maximum Gasteiger partial charge on any atom is 0.407 e. The van der Waals surface area contributed by atoms with Crippen LogP contribution in [0, 0.1) is 0 Å². The van der Waals surface area contributed by atoms with Crippen molar-refractivity contribution in [3.05, 3.63) is 34.3 Å². The number of ether oxygens (including phenoxy) is 1. The first-order valence-corrected chi connectivity index (χ1v) is 8.78. The lowest BCUT2D eigenvalue weighted by atomic mass is 10.1. The minimum Gasteiger partial charge on any atom is -0.465 e. The van der Waals surface area contributed by atoms with Gasteiger partial charge in [-0.15, -0.1) is 0 Å². The average molecular weight is 368 g/mol. The van der Waals surface area contributed by atoms with Crippen molar-refractivity contribution in [1.29, 1.82) is 0 Å². The van der Waals surface area contributed by atoms with Crippen molar-refractivity contribution in [3.8, 4) is 0 Å². The summed E-state index contributed by atoms with van der Waals surface area (Å²) in [5.74, 6) is -0.0215. The van der Waals surface area contributed by atoms with Crippen molar-refractivity contribution in [3.63, 3.8) is 0 Å². The molecule has 1 aromatic carbocycles. The molecule has 2 heterocycles. The van der Waals surface area contributed by atoms with Gasteiger partial charge < -0.3 is 19.6 Å². The van der Waals surface area contributed by atoms with Gasteiger partial charge in [0.1, 0.15) is 0 Å². The van der Waals surface area contributed by atoms with Crippen LogP contribution >= 0.6 is 11.6 Å². The molecule has 2 saturated heterocycles. The normalized spacial score (nSPS) is 19.1. The molecular formula is C17H22ClN3O4. The molecule has 2 fully saturated rings. The molecule has 0 aliphatic carbocycles. The van der Waals surface area contributed by atoms with Crippen LogP contribution in [0.15, 0.2) is 18.2 Å². The number of amides is 2. The fraction of sp³-hybridized carbons (Fsp3) is 0.529. The number of morpholine rings is 1. The van der Waals surface area contributed by atoms with Crippen LogP contribution in [-0.2, 0) is 11.3 Å². The zero-order valence-corrected chi connectivity index (χ0v) is 14.7. The molecule has 0 radical (unpaired) electrons. The Bertz CT molecular complexity index is 641. The van der Waals surface area contributed by atoms with Crippen molar-refractivity contribution in [2.24, 2.45) is 0 Å². The first kappa shape index (κ1) is 18.0. The molecule has 0 atom stereocenters. The zero-order valence-electron chi connectivity index (χ0n) is 14.0. The van der Waals surface area contributed by atoms with E-state index in [1.54, 1.807) is 11.0 Å². The highest BCUT2D eigenvalue weighted by molar-refractivity contribution is 6.31. The Morgan fingerprint density at radius 1 is 1.04 bits per heavy atom.